The lowest BCUT2D eigenvalue weighted by Gasteiger charge is -2.17. The third-order valence-electron chi connectivity index (χ3n) is 5.41. The van der Waals surface area contributed by atoms with Gasteiger partial charge >= 0.3 is 5.97 Å². The molecule has 0 spiro atoms. The van der Waals surface area contributed by atoms with Crippen LogP contribution in [0.15, 0.2) is 29.1 Å². The van der Waals surface area contributed by atoms with Gasteiger partial charge in [0.25, 0.3) is 5.56 Å². The standard InChI is InChI=1S/C22H23FN2O3S/c1-12-3-9-16-17(11-12)29-22-19(16)21(27)24-20(25-22)13(2)28-18(26)10-6-14-4-7-15(23)8-5-14/h4-5,7-8,12-13H,3,6,9-11H2,1-2H3,(H,24,25,27)/t12-,13-/m0/s1. The molecular formula is C22H23FN2O3S. The number of fused-ring (bicyclic) bond motifs is 3. The number of benzene rings is 1. The molecule has 4 rings (SSSR count). The molecule has 0 bridgehead atoms. The summed E-state index contributed by atoms with van der Waals surface area (Å²) in [5.74, 6) is 0.295. The lowest BCUT2D eigenvalue weighted by Crippen LogP contribution is -2.18. The van der Waals surface area contributed by atoms with Gasteiger partial charge in [0, 0.05) is 11.3 Å². The molecule has 5 nitrogen and oxygen atoms in total. The number of carbonyl (C=O) groups is 1. The van der Waals surface area contributed by atoms with Crippen molar-refractivity contribution in [1.29, 1.82) is 0 Å². The zero-order valence-electron chi connectivity index (χ0n) is 16.5. The molecule has 0 amide bonds. The van der Waals surface area contributed by atoms with Gasteiger partial charge in [-0.05, 0) is 61.8 Å². The average Bonchev–Trinajstić information content (AvgIpc) is 3.05. The SMILES string of the molecule is C[C@H]1CCc2c(sc3nc([C@H](C)OC(=O)CCc4ccc(F)cc4)[nH]c(=O)c23)C1. The number of thiophene rings is 1. The molecule has 0 unspecified atom stereocenters. The van der Waals surface area contributed by atoms with Gasteiger partial charge in [-0.3, -0.25) is 9.59 Å². The predicted molar refractivity (Wildman–Crippen MR) is 111 cm³/mol. The van der Waals surface area contributed by atoms with Gasteiger partial charge in [0.05, 0.1) is 5.39 Å². The van der Waals surface area contributed by atoms with Gasteiger partial charge in [-0.2, -0.15) is 0 Å². The van der Waals surface area contributed by atoms with E-state index in [1.54, 1.807) is 30.4 Å². The Morgan fingerprint density at radius 3 is 2.90 bits per heavy atom. The third-order valence-corrected chi connectivity index (χ3v) is 6.56. The number of halogens is 1. The molecule has 1 aliphatic carbocycles. The number of hydrogen-bond donors (Lipinski definition) is 1. The van der Waals surface area contributed by atoms with Crippen LogP contribution < -0.4 is 5.56 Å². The Morgan fingerprint density at radius 2 is 2.14 bits per heavy atom. The maximum atomic E-state index is 13.0. The maximum absolute atomic E-state index is 13.0. The van der Waals surface area contributed by atoms with E-state index in [2.05, 4.69) is 16.9 Å². The highest BCUT2D eigenvalue weighted by Gasteiger charge is 2.24. The van der Waals surface area contributed by atoms with Gasteiger partial charge < -0.3 is 9.72 Å². The molecule has 0 saturated heterocycles. The molecule has 2 aromatic heterocycles. The van der Waals surface area contributed by atoms with Gasteiger partial charge in [0.1, 0.15) is 10.6 Å². The van der Waals surface area contributed by atoms with E-state index in [0.717, 1.165) is 35.2 Å². The minimum Gasteiger partial charge on any atom is -0.454 e. The van der Waals surface area contributed by atoms with Gasteiger partial charge in [-0.1, -0.05) is 19.1 Å². The van der Waals surface area contributed by atoms with Crippen molar-refractivity contribution in [3.8, 4) is 0 Å². The molecule has 0 saturated carbocycles. The van der Waals surface area contributed by atoms with Gasteiger partial charge in [-0.15, -0.1) is 11.3 Å². The van der Waals surface area contributed by atoms with E-state index in [1.807, 2.05) is 0 Å². The lowest BCUT2D eigenvalue weighted by molar-refractivity contribution is -0.148. The molecule has 0 fully saturated rings. The van der Waals surface area contributed by atoms with Crippen LogP contribution in [0.4, 0.5) is 4.39 Å². The van der Waals surface area contributed by atoms with Crippen LogP contribution in [-0.4, -0.2) is 15.9 Å². The fourth-order valence-corrected chi connectivity index (χ4v) is 5.16. The normalized spacial score (nSPS) is 17.1. The molecule has 2 atom stereocenters. The molecule has 1 aromatic carbocycles. The molecule has 7 heteroatoms. The number of nitrogens with one attached hydrogen (secondary N) is 1. The van der Waals surface area contributed by atoms with Gasteiger partial charge in [0.2, 0.25) is 0 Å². The van der Waals surface area contributed by atoms with Crippen molar-refractivity contribution >= 4 is 27.5 Å². The van der Waals surface area contributed by atoms with Crippen molar-refractivity contribution in [2.24, 2.45) is 5.92 Å². The molecule has 1 N–H and O–H groups in total. The van der Waals surface area contributed by atoms with Crippen LogP contribution in [0, 0.1) is 11.7 Å². The highest BCUT2D eigenvalue weighted by atomic mass is 32.1. The second kappa shape index (κ2) is 8.06. The second-order valence-corrected chi connectivity index (χ2v) is 8.83. The molecule has 152 valence electrons. The van der Waals surface area contributed by atoms with Crippen LogP contribution in [0.3, 0.4) is 0 Å². The fraction of sp³-hybridized carbons (Fsp3) is 0.409. The molecule has 2 heterocycles. The third kappa shape index (κ3) is 4.24. The van der Waals surface area contributed by atoms with E-state index in [4.69, 9.17) is 4.74 Å². The predicted octanol–water partition coefficient (Wildman–Crippen LogP) is 4.49. The highest BCUT2D eigenvalue weighted by molar-refractivity contribution is 7.18. The molecular weight excluding hydrogens is 391 g/mol. The molecule has 1 aliphatic rings. The minimum absolute atomic E-state index is 0.161. The Balaban J connectivity index is 1.46. The van der Waals surface area contributed by atoms with E-state index in [9.17, 15) is 14.0 Å². The quantitative estimate of drug-likeness (QED) is 0.625. The average molecular weight is 415 g/mol. The van der Waals surface area contributed by atoms with Crippen molar-refractivity contribution in [2.75, 3.05) is 0 Å². The summed E-state index contributed by atoms with van der Waals surface area (Å²) in [6.45, 7) is 3.93. The summed E-state index contributed by atoms with van der Waals surface area (Å²) in [7, 11) is 0. The highest BCUT2D eigenvalue weighted by Crippen LogP contribution is 2.36. The van der Waals surface area contributed by atoms with Crippen molar-refractivity contribution < 1.29 is 13.9 Å². The van der Waals surface area contributed by atoms with Gasteiger partial charge in [0.15, 0.2) is 11.9 Å². The number of nitrogens with zero attached hydrogens (tertiary/aromatic N) is 1. The number of rotatable bonds is 5. The minimum atomic E-state index is -0.647. The van der Waals surface area contributed by atoms with E-state index in [1.165, 1.54) is 17.0 Å². The fourth-order valence-electron chi connectivity index (χ4n) is 3.77. The van der Waals surface area contributed by atoms with Crippen LogP contribution in [0.2, 0.25) is 0 Å². The summed E-state index contributed by atoms with van der Waals surface area (Å²) in [5.41, 5.74) is 1.83. The van der Waals surface area contributed by atoms with Crippen LogP contribution in [0.25, 0.3) is 10.2 Å². The van der Waals surface area contributed by atoms with Crippen LogP contribution in [0.5, 0.6) is 0 Å². The summed E-state index contributed by atoms with van der Waals surface area (Å²) in [6, 6.07) is 6.04. The van der Waals surface area contributed by atoms with Crippen molar-refractivity contribution in [2.45, 2.75) is 52.1 Å². The Bertz CT molecular complexity index is 1100. The van der Waals surface area contributed by atoms with E-state index in [-0.39, 0.29) is 23.8 Å². The molecule has 3 aromatic rings. The second-order valence-electron chi connectivity index (χ2n) is 7.74. The maximum Gasteiger partial charge on any atom is 0.306 e. The zero-order valence-corrected chi connectivity index (χ0v) is 17.3. The largest absolute Gasteiger partial charge is 0.454 e. The van der Waals surface area contributed by atoms with E-state index < -0.39 is 6.10 Å². The number of hydrogen-bond acceptors (Lipinski definition) is 5. The monoisotopic (exact) mass is 414 g/mol. The Hall–Kier alpha value is -2.54. The zero-order chi connectivity index (χ0) is 20.5. The summed E-state index contributed by atoms with van der Waals surface area (Å²) in [4.78, 5) is 34.2. The summed E-state index contributed by atoms with van der Waals surface area (Å²) < 4.78 is 18.4. The van der Waals surface area contributed by atoms with Gasteiger partial charge in [-0.25, -0.2) is 9.37 Å². The smallest absolute Gasteiger partial charge is 0.306 e. The summed E-state index contributed by atoms with van der Waals surface area (Å²) in [5, 5.41) is 0.690. The lowest BCUT2D eigenvalue weighted by atomic mass is 9.89. The first kappa shape index (κ1) is 19.8. The number of ether oxygens (including phenoxy) is 1. The molecule has 29 heavy (non-hydrogen) atoms. The molecule has 0 radical (unpaired) electrons. The number of esters is 1. The van der Waals surface area contributed by atoms with Crippen molar-refractivity contribution in [1.82, 2.24) is 9.97 Å². The van der Waals surface area contributed by atoms with Crippen LogP contribution >= 0.6 is 11.3 Å². The van der Waals surface area contributed by atoms with Crippen LogP contribution in [0.1, 0.15) is 54.6 Å². The Kier molecular flexibility index (Phi) is 5.50. The topological polar surface area (TPSA) is 72.0 Å². The summed E-state index contributed by atoms with van der Waals surface area (Å²) >= 11 is 1.57. The van der Waals surface area contributed by atoms with E-state index >= 15 is 0 Å². The number of H-pyrrole nitrogens is 1. The van der Waals surface area contributed by atoms with E-state index in [0.29, 0.717) is 23.5 Å². The number of aromatic amines is 1. The number of carbonyl (C=O) groups excluding carboxylic acids is 1. The van der Waals surface area contributed by atoms with Crippen LogP contribution in [-0.2, 0) is 28.8 Å². The first-order chi connectivity index (χ1) is 13.9. The first-order valence-corrected chi connectivity index (χ1v) is 10.7. The molecule has 0 aliphatic heterocycles. The Labute approximate surface area is 171 Å². The number of aromatic nitrogens is 2. The van der Waals surface area contributed by atoms with Crippen molar-refractivity contribution in [3.63, 3.8) is 0 Å². The summed E-state index contributed by atoms with van der Waals surface area (Å²) in [6.07, 6.45) is 2.97. The Morgan fingerprint density at radius 1 is 1.38 bits per heavy atom. The number of aryl methyl sites for hydroxylation is 2. The van der Waals surface area contributed by atoms with Crippen molar-refractivity contribution in [3.05, 3.63) is 62.3 Å². The first-order valence-electron chi connectivity index (χ1n) is 9.89.